The maximum atomic E-state index is 11.9. The highest BCUT2D eigenvalue weighted by Gasteiger charge is 2.36. The van der Waals surface area contributed by atoms with Gasteiger partial charge in [0, 0.05) is 20.1 Å². The van der Waals surface area contributed by atoms with Crippen molar-refractivity contribution in [2.24, 2.45) is 5.92 Å². The normalized spacial score (nSPS) is 24.8. The lowest BCUT2D eigenvalue weighted by Crippen LogP contribution is -2.49. The van der Waals surface area contributed by atoms with Crippen LogP contribution in [0, 0.1) is 5.92 Å². The zero-order valence-corrected chi connectivity index (χ0v) is 11.3. The second kappa shape index (κ2) is 5.56. The van der Waals surface area contributed by atoms with Crippen LogP contribution < -0.4 is 0 Å². The van der Waals surface area contributed by atoms with Gasteiger partial charge in [-0.25, -0.2) is 4.79 Å². The van der Waals surface area contributed by atoms with E-state index >= 15 is 0 Å². The first-order chi connectivity index (χ1) is 8.24. The molecule has 104 valence electrons. The van der Waals surface area contributed by atoms with Crippen LogP contribution in [0.1, 0.15) is 33.6 Å². The van der Waals surface area contributed by atoms with Crippen LogP contribution in [-0.4, -0.2) is 47.6 Å². The standard InChI is InChI=1S/C12H21NO5/c1-12(2,3)18-11(16)13-6-5-8(10(14)15)7-9(13)17-4/h8-9H,5-7H2,1-4H3,(H,14,15). The third-order valence-electron chi connectivity index (χ3n) is 2.80. The molecule has 6 nitrogen and oxygen atoms in total. The molecule has 1 aliphatic rings. The molecule has 1 N–H and O–H groups in total. The average Bonchev–Trinajstić information content (AvgIpc) is 2.25. The Morgan fingerprint density at radius 3 is 2.39 bits per heavy atom. The van der Waals surface area contributed by atoms with Crippen molar-refractivity contribution in [3.8, 4) is 0 Å². The lowest BCUT2D eigenvalue weighted by molar-refractivity contribution is -0.148. The molecule has 1 heterocycles. The maximum Gasteiger partial charge on any atom is 0.412 e. The molecule has 0 bridgehead atoms. The Morgan fingerprint density at radius 1 is 1.33 bits per heavy atom. The quantitative estimate of drug-likeness (QED) is 0.816. The van der Waals surface area contributed by atoms with Gasteiger partial charge in [0.2, 0.25) is 0 Å². The van der Waals surface area contributed by atoms with Crippen molar-refractivity contribution in [3.05, 3.63) is 0 Å². The minimum absolute atomic E-state index is 0.297. The number of carboxylic acid groups (broad SMARTS) is 1. The molecule has 1 fully saturated rings. The number of carbonyl (C=O) groups excluding carboxylic acids is 1. The molecular weight excluding hydrogens is 238 g/mol. The maximum absolute atomic E-state index is 11.9. The van der Waals surface area contributed by atoms with E-state index in [1.807, 2.05) is 0 Å². The summed E-state index contributed by atoms with van der Waals surface area (Å²) >= 11 is 0. The second-order valence-electron chi connectivity index (χ2n) is 5.42. The zero-order valence-electron chi connectivity index (χ0n) is 11.3. The van der Waals surface area contributed by atoms with Crippen LogP contribution in [0.2, 0.25) is 0 Å². The number of nitrogens with zero attached hydrogens (tertiary/aromatic N) is 1. The van der Waals surface area contributed by atoms with Crippen LogP contribution in [0.15, 0.2) is 0 Å². The Hall–Kier alpha value is -1.30. The number of ether oxygens (including phenoxy) is 2. The molecule has 1 aliphatic heterocycles. The molecule has 18 heavy (non-hydrogen) atoms. The van der Waals surface area contributed by atoms with Crippen molar-refractivity contribution in [2.75, 3.05) is 13.7 Å². The monoisotopic (exact) mass is 259 g/mol. The molecule has 0 radical (unpaired) electrons. The van der Waals surface area contributed by atoms with Gasteiger partial charge >= 0.3 is 12.1 Å². The van der Waals surface area contributed by atoms with Crippen LogP contribution in [0.3, 0.4) is 0 Å². The number of hydrogen-bond donors (Lipinski definition) is 1. The number of amides is 1. The first-order valence-electron chi connectivity index (χ1n) is 6.00. The first-order valence-corrected chi connectivity index (χ1v) is 6.00. The van der Waals surface area contributed by atoms with E-state index < -0.39 is 29.8 Å². The molecule has 0 aromatic heterocycles. The van der Waals surface area contributed by atoms with Crippen molar-refractivity contribution < 1.29 is 24.2 Å². The molecule has 1 saturated heterocycles. The smallest absolute Gasteiger partial charge is 0.412 e. The summed E-state index contributed by atoms with van der Waals surface area (Å²) in [6.07, 6.45) is -0.271. The van der Waals surface area contributed by atoms with E-state index in [1.165, 1.54) is 12.0 Å². The fourth-order valence-electron chi connectivity index (χ4n) is 1.90. The summed E-state index contributed by atoms with van der Waals surface area (Å²) in [6.45, 7) is 5.70. The highest BCUT2D eigenvalue weighted by atomic mass is 16.6. The molecule has 0 saturated carbocycles. The summed E-state index contributed by atoms with van der Waals surface area (Å²) in [5, 5.41) is 8.97. The Morgan fingerprint density at radius 2 is 1.94 bits per heavy atom. The lowest BCUT2D eigenvalue weighted by atomic mass is 9.96. The van der Waals surface area contributed by atoms with Crippen molar-refractivity contribution in [2.45, 2.75) is 45.4 Å². The minimum Gasteiger partial charge on any atom is -0.481 e. The summed E-state index contributed by atoms with van der Waals surface area (Å²) in [5.74, 6) is -1.31. The number of hydrogen-bond acceptors (Lipinski definition) is 4. The first kappa shape index (κ1) is 14.8. The third kappa shape index (κ3) is 3.87. The van der Waals surface area contributed by atoms with Gasteiger partial charge in [0.1, 0.15) is 11.8 Å². The highest BCUT2D eigenvalue weighted by molar-refractivity contribution is 5.72. The van der Waals surface area contributed by atoms with Gasteiger partial charge in [-0.2, -0.15) is 0 Å². The summed E-state index contributed by atoms with van der Waals surface area (Å²) < 4.78 is 10.4. The number of carbonyl (C=O) groups is 2. The number of rotatable bonds is 2. The summed E-state index contributed by atoms with van der Waals surface area (Å²) in [7, 11) is 1.46. The summed E-state index contributed by atoms with van der Waals surface area (Å²) in [5.41, 5.74) is -0.570. The molecule has 1 amide bonds. The molecule has 2 atom stereocenters. The van der Waals surface area contributed by atoms with Crippen molar-refractivity contribution in [1.29, 1.82) is 0 Å². The summed E-state index contributed by atoms with van der Waals surface area (Å²) in [4.78, 5) is 24.3. The molecule has 0 spiro atoms. The number of likely N-dealkylation sites (tertiary alicyclic amines) is 1. The lowest BCUT2D eigenvalue weighted by Gasteiger charge is -2.37. The largest absolute Gasteiger partial charge is 0.481 e. The molecule has 0 aromatic rings. The third-order valence-corrected chi connectivity index (χ3v) is 2.80. The van der Waals surface area contributed by atoms with E-state index in [2.05, 4.69) is 0 Å². The van der Waals surface area contributed by atoms with Gasteiger partial charge in [-0.15, -0.1) is 0 Å². The molecule has 0 aliphatic carbocycles. The number of aliphatic carboxylic acids is 1. The van der Waals surface area contributed by atoms with E-state index in [9.17, 15) is 9.59 Å². The predicted octanol–water partition coefficient (Wildman–Crippen LogP) is 1.69. The Kier molecular flexibility index (Phi) is 4.56. The van der Waals surface area contributed by atoms with Gasteiger partial charge in [0.15, 0.2) is 0 Å². The Bertz CT molecular complexity index is 323. The van der Waals surface area contributed by atoms with Gasteiger partial charge in [0.05, 0.1) is 5.92 Å². The minimum atomic E-state index is -0.846. The second-order valence-corrected chi connectivity index (χ2v) is 5.42. The molecular formula is C12H21NO5. The molecule has 1 rings (SSSR count). The Balaban J connectivity index is 2.67. The van der Waals surface area contributed by atoms with E-state index in [0.717, 1.165) is 0 Å². The van der Waals surface area contributed by atoms with E-state index in [-0.39, 0.29) is 0 Å². The number of piperidine rings is 1. The fourth-order valence-corrected chi connectivity index (χ4v) is 1.90. The van der Waals surface area contributed by atoms with E-state index in [4.69, 9.17) is 14.6 Å². The number of methoxy groups -OCH3 is 1. The van der Waals surface area contributed by atoms with E-state index in [0.29, 0.717) is 19.4 Å². The summed E-state index contributed by atoms with van der Waals surface area (Å²) in [6, 6.07) is 0. The van der Waals surface area contributed by atoms with Crippen molar-refractivity contribution in [1.82, 2.24) is 4.90 Å². The van der Waals surface area contributed by atoms with E-state index in [1.54, 1.807) is 20.8 Å². The van der Waals surface area contributed by atoms with Crippen molar-refractivity contribution in [3.63, 3.8) is 0 Å². The molecule has 0 aromatic carbocycles. The fraction of sp³-hybridized carbons (Fsp3) is 0.833. The van der Waals surface area contributed by atoms with Crippen LogP contribution in [0.25, 0.3) is 0 Å². The van der Waals surface area contributed by atoms with Gasteiger partial charge in [-0.05, 0) is 27.2 Å². The van der Waals surface area contributed by atoms with Crippen molar-refractivity contribution >= 4 is 12.1 Å². The SMILES string of the molecule is COC1CC(C(=O)O)CCN1C(=O)OC(C)(C)C. The predicted molar refractivity (Wildman–Crippen MR) is 64.1 cm³/mol. The topological polar surface area (TPSA) is 76.1 Å². The zero-order chi connectivity index (χ0) is 13.9. The number of carboxylic acids is 1. The highest BCUT2D eigenvalue weighted by Crippen LogP contribution is 2.25. The van der Waals surface area contributed by atoms with Crippen LogP contribution in [0.5, 0.6) is 0 Å². The van der Waals surface area contributed by atoms with Gasteiger partial charge in [0.25, 0.3) is 0 Å². The average molecular weight is 259 g/mol. The van der Waals surface area contributed by atoms with Crippen LogP contribution >= 0.6 is 0 Å². The van der Waals surface area contributed by atoms with Crippen LogP contribution in [0.4, 0.5) is 4.79 Å². The van der Waals surface area contributed by atoms with Gasteiger partial charge < -0.3 is 14.6 Å². The van der Waals surface area contributed by atoms with Crippen LogP contribution in [-0.2, 0) is 14.3 Å². The Labute approximate surface area is 107 Å². The van der Waals surface area contributed by atoms with Gasteiger partial charge in [-0.3, -0.25) is 9.69 Å². The molecule has 2 unspecified atom stereocenters. The van der Waals surface area contributed by atoms with Gasteiger partial charge in [-0.1, -0.05) is 0 Å². The molecule has 6 heteroatoms.